The maximum atomic E-state index is 9.78. The van der Waals surface area contributed by atoms with Crippen molar-refractivity contribution in [2.45, 2.75) is 19.4 Å². The Hall–Kier alpha value is 0.596. The molecule has 36 valence electrons. The summed E-state index contributed by atoms with van der Waals surface area (Å²) < 4.78 is 0. The van der Waals surface area contributed by atoms with E-state index in [1.807, 2.05) is 6.92 Å². The third-order valence-electron chi connectivity index (χ3n) is 0.455. The van der Waals surface area contributed by atoms with Gasteiger partial charge in [-0.25, -0.2) is 0 Å². The van der Waals surface area contributed by atoms with Crippen molar-refractivity contribution in [1.29, 1.82) is 0 Å². The van der Waals surface area contributed by atoms with Crippen molar-refractivity contribution in [2.24, 2.45) is 0 Å². The molecule has 0 aliphatic heterocycles. The molecule has 0 aromatic rings. The van der Waals surface area contributed by atoms with E-state index >= 15 is 0 Å². The van der Waals surface area contributed by atoms with Crippen LogP contribution in [0.4, 0.5) is 0 Å². The summed E-state index contributed by atoms with van der Waals surface area (Å²) in [7, 11) is 0. The molecule has 0 unspecified atom stereocenters. The van der Waals surface area contributed by atoms with Crippen molar-refractivity contribution in [2.75, 3.05) is 0 Å². The molecule has 0 aliphatic carbocycles. The molecule has 6 heavy (non-hydrogen) atoms. The van der Waals surface area contributed by atoms with Crippen LogP contribution in [0.3, 0.4) is 0 Å². The predicted octanol–water partition coefficient (Wildman–Crippen LogP) is -0.175. The SMILES string of the molecule is [CH2][C@H]([O-])CC.[Ga].[HH]. The van der Waals surface area contributed by atoms with Crippen molar-refractivity contribution in [1.82, 2.24) is 0 Å². The second-order valence-electron chi connectivity index (χ2n) is 1.03. The van der Waals surface area contributed by atoms with Gasteiger partial charge in [0.25, 0.3) is 0 Å². The van der Waals surface area contributed by atoms with Gasteiger partial charge in [-0.3, -0.25) is 0 Å². The molecule has 0 fully saturated rings. The van der Waals surface area contributed by atoms with Crippen molar-refractivity contribution in [3.05, 3.63) is 6.92 Å². The fourth-order valence-corrected chi connectivity index (χ4v) is 0. The van der Waals surface area contributed by atoms with Crippen LogP contribution in [-0.4, -0.2) is 25.9 Å². The molecule has 2 heteroatoms. The Morgan fingerprint density at radius 3 is 2.17 bits per heavy atom. The number of hydrogen-bond acceptors (Lipinski definition) is 1. The van der Waals surface area contributed by atoms with E-state index in [4.69, 9.17) is 0 Å². The molecule has 0 saturated heterocycles. The molecule has 0 bridgehead atoms. The zero-order chi connectivity index (χ0) is 4.28. The largest absolute Gasteiger partial charge is 0.852 e. The minimum atomic E-state index is -0.616. The van der Waals surface area contributed by atoms with E-state index in [1.54, 1.807) is 0 Å². The number of hydrogen-bond donors (Lipinski definition) is 0. The Kier molecular flexibility index (Phi) is 9.12. The van der Waals surface area contributed by atoms with E-state index in [-0.39, 0.29) is 21.2 Å². The molecule has 1 nitrogen and oxygen atoms in total. The molecule has 0 N–H and O–H groups in total. The van der Waals surface area contributed by atoms with Crippen LogP contribution in [0, 0.1) is 6.92 Å². The van der Waals surface area contributed by atoms with E-state index in [9.17, 15) is 5.11 Å². The monoisotopic (exact) mass is 143 g/mol. The fraction of sp³-hybridized carbons (Fsp3) is 0.750. The predicted molar refractivity (Wildman–Crippen MR) is 27.3 cm³/mol. The van der Waals surface area contributed by atoms with Gasteiger partial charge in [-0.15, -0.1) is 6.10 Å². The maximum absolute atomic E-state index is 9.78. The van der Waals surface area contributed by atoms with Crippen LogP contribution in [-0.2, 0) is 0 Å². The Morgan fingerprint density at radius 1 is 2.00 bits per heavy atom. The average molecular weight is 144 g/mol. The number of rotatable bonds is 1. The zero-order valence-corrected chi connectivity index (χ0v) is 6.40. The minimum Gasteiger partial charge on any atom is -0.852 e. The summed E-state index contributed by atoms with van der Waals surface area (Å²) in [6.07, 6.45) is 0.0231. The Balaban J connectivity index is -0.0000000800. The van der Waals surface area contributed by atoms with Gasteiger partial charge < -0.3 is 5.11 Å². The summed E-state index contributed by atoms with van der Waals surface area (Å²) in [6.45, 7) is 5.03. The quantitative estimate of drug-likeness (QED) is 0.468. The second kappa shape index (κ2) is 5.60. The van der Waals surface area contributed by atoms with Crippen LogP contribution < -0.4 is 5.11 Å². The Bertz CT molecular complexity index is 25.7. The van der Waals surface area contributed by atoms with E-state index in [0.717, 1.165) is 0 Å². The average Bonchev–Trinajstić information content (AvgIpc) is 1.38. The standard InChI is InChI=1S/C4H8O.Ga.H2/c1-3-4(2)5;;/h4H,2-3H2,1H3;;1H/q-1;;/t4-;;/m0../s1. The first kappa shape index (κ1) is 9.78. The van der Waals surface area contributed by atoms with Crippen LogP contribution >= 0.6 is 0 Å². The van der Waals surface area contributed by atoms with Crippen LogP contribution in [0.1, 0.15) is 14.8 Å². The van der Waals surface area contributed by atoms with E-state index in [2.05, 4.69) is 6.92 Å². The summed E-state index contributed by atoms with van der Waals surface area (Å²) in [4.78, 5) is 0. The van der Waals surface area contributed by atoms with Crippen molar-refractivity contribution in [3.63, 3.8) is 0 Å². The summed E-state index contributed by atoms with van der Waals surface area (Å²) in [5.74, 6) is 0. The van der Waals surface area contributed by atoms with Crippen LogP contribution in [0.2, 0.25) is 0 Å². The van der Waals surface area contributed by atoms with Gasteiger partial charge >= 0.3 is 0 Å². The molecule has 0 spiro atoms. The molecule has 1 atom stereocenters. The van der Waals surface area contributed by atoms with Crippen LogP contribution in [0.15, 0.2) is 0 Å². The van der Waals surface area contributed by atoms with E-state index < -0.39 is 6.10 Å². The third kappa shape index (κ3) is 8.82. The Labute approximate surface area is 53.3 Å². The van der Waals surface area contributed by atoms with Gasteiger partial charge in [0, 0.05) is 21.2 Å². The first-order chi connectivity index (χ1) is 2.27. The van der Waals surface area contributed by atoms with Gasteiger partial charge in [-0.05, 0) is 0 Å². The molecule has 0 rings (SSSR count). The van der Waals surface area contributed by atoms with E-state index in [1.165, 1.54) is 0 Å². The van der Waals surface area contributed by atoms with Crippen molar-refractivity contribution >= 4 is 19.8 Å². The zero-order valence-electron chi connectivity index (χ0n) is 3.98. The summed E-state index contributed by atoms with van der Waals surface area (Å²) >= 11 is 0. The van der Waals surface area contributed by atoms with E-state index in [0.29, 0.717) is 6.42 Å². The van der Waals surface area contributed by atoms with Crippen molar-refractivity contribution in [3.8, 4) is 0 Å². The summed E-state index contributed by atoms with van der Waals surface area (Å²) in [6, 6.07) is 0. The van der Waals surface area contributed by atoms with Gasteiger partial charge in [-0.1, -0.05) is 20.3 Å². The third-order valence-corrected chi connectivity index (χ3v) is 0.455. The first-order valence-electron chi connectivity index (χ1n) is 1.76. The van der Waals surface area contributed by atoms with Gasteiger partial charge in [-0.2, -0.15) is 0 Å². The van der Waals surface area contributed by atoms with Crippen molar-refractivity contribution < 1.29 is 6.53 Å². The first-order valence-corrected chi connectivity index (χ1v) is 1.76. The topological polar surface area (TPSA) is 23.1 Å². The summed E-state index contributed by atoms with van der Waals surface area (Å²) in [5, 5.41) is 9.78. The van der Waals surface area contributed by atoms with Crippen LogP contribution in [0.5, 0.6) is 0 Å². The summed E-state index contributed by atoms with van der Waals surface area (Å²) in [5.41, 5.74) is 0. The molecule has 4 radical (unpaired) electrons. The maximum Gasteiger partial charge on any atom is 0 e. The van der Waals surface area contributed by atoms with Gasteiger partial charge in [0.05, 0.1) is 0 Å². The molecular formula is C4H10GaO-. The normalized spacial score (nSPS) is 12.5. The smallest absolute Gasteiger partial charge is 0 e. The fourth-order valence-electron chi connectivity index (χ4n) is 0. The molecule has 0 aromatic carbocycles. The second-order valence-corrected chi connectivity index (χ2v) is 1.03. The molecule has 0 saturated carbocycles. The Morgan fingerprint density at radius 2 is 2.17 bits per heavy atom. The van der Waals surface area contributed by atoms with Gasteiger partial charge in [0.1, 0.15) is 0 Å². The molecule has 0 amide bonds. The van der Waals surface area contributed by atoms with Gasteiger partial charge in [0.15, 0.2) is 0 Å². The molecular weight excluding hydrogens is 134 g/mol. The molecule has 0 aliphatic rings. The molecule has 0 aromatic heterocycles. The van der Waals surface area contributed by atoms with Crippen LogP contribution in [0.25, 0.3) is 0 Å². The minimum absolute atomic E-state index is 0. The molecule has 0 heterocycles. The van der Waals surface area contributed by atoms with Gasteiger partial charge in [0.2, 0.25) is 0 Å².